The fourth-order valence-electron chi connectivity index (χ4n) is 3.49. The molecule has 2 heterocycles. The molecule has 0 atom stereocenters. The van der Waals surface area contributed by atoms with Gasteiger partial charge >= 0.3 is 5.69 Å². The Balaban J connectivity index is 1.52. The molecule has 29 heavy (non-hydrogen) atoms. The highest BCUT2D eigenvalue weighted by Gasteiger charge is 2.21. The van der Waals surface area contributed by atoms with Crippen LogP contribution in [0.2, 0.25) is 0 Å². The number of thiophene rings is 1. The number of nitrogens with zero attached hydrogens (tertiary/aromatic N) is 2. The quantitative estimate of drug-likeness (QED) is 0.473. The van der Waals surface area contributed by atoms with E-state index in [1.807, 2.05) is 17.5 Å². The van der Waals surface area contributed by atoms with Crippen molar-refractivity contribution < 1.29 is 9.18 Å². The van der Waals surface area contributed by atoms with Crippen molar-refractivity contribution in [2.24, 2.45) is 0 Å². The van der Waals surface area contributed by atoms with E-state index < -0.39 is 5.82 Å². The lowest BCUT2D eigenvalue weighted by atomic mass is 9.97. The smallest absolute Gasteiger partial charge is 0.325 e. The van der Waals surface area contributed by atoms with Crippen molar-refractivity contribution in [1.29, 1.82) is 0 Å². The normalized spacial score (nSPS) is 13.1. The fourth-order valence-corrected chi connectivity index (χ4v) is 5.06. The van der Waals surface area contributed by atoms with Crippen molar-refractivity contribution in [1.82, 2.24) is 9.55 Å². The maximum absolute atomic E-state index is 13.3. The Labute approximate surface area is 176 Å². The van der Waals surface area contributed by atoms with Gasteiger partial charge in [-0.1, -0.05) is 23.9 Å². The van der Waals surface area contributed by atoms with Gasteiger partial charge in [-0.3, -0.25) is 9.36 Å². The molecule has 1 aliphatic rings. The molecule has 0 radical (unpaired) electrons. The van der Waals surface area contributed by atoms with E-state index in [1.165, 1.54) is 23.9 Å². The van der Waals surface area contributed by atoms with Gasteiger partial charge in [-0.05, 0) is 55.3 Å². The van der Waals surface area contributed by atoms with Gasteiger partial charge in [0.1, 0.15) is 10.8 Å². The zero-order valence-electron chi connectivity index (χ0n) is 15.7. The molecule has 1 amide bonds. The Hall–Kier alpha value is -2.45. The van der Waals surface area contributed by atoms with E-state index in [9.17, 15) is 14.0 Å². The molecule has 1 aromatic carbocycles. The summed E-state index contributed by atoms with van der Waals surface area (Å²) in [4.78, 5) is 30.4. The average molecular weight is 430 g/mol. The summed E-state index contributed by atoms with van der Waals surface area (Å²) in [5.41, 5.74) is 2.26. The minimum Gasteiger partial charge on any atom is -0.325 e. The Morgan fingerprint density at radius 1 is 1.24 bits per heavy atom. The summed E-state index contributed by atoms with van der Waals surface area (Å²) < 4.78 is 15.0. The first-order valence-corrected chi connectivity index (χ1v) is 11.3. The molecule has 1 aliphatic carbocycles. The van der Waals surface area contributed by atoms with Crippen molar-refractivity contribution in [3.8, 4) is 0 Å². The Morgan fingerprint density at radius 3 is 2.90 bits per heavy atom. The zero-order valence-corrected chi connectivity index (χ0v) is 17.3. The van der Waals surface area contributed by atoms with E-state index in [4.69, 9.17) is 0 Å². The topological polar surface area (TPSA) is 64.0 Å². The zero-order chi connectivity index (χ0) is 20.2. The maximum Gasteiger partial charge on any atom is 0.349 e. The minimum atomic E-state index is -0.402. The fraction of sp³-hybridized carbons (Fsp3) is 0.286. The standard InChI is InChI=1S/C21H20FN3O2S2/c22-14-5-3-6-15(11-14)23-19(26)13-29-20-17-8-1-2-9-18(17)25(21(27)24-20)12-16-7-4-10-28-16/h3-7,10-11H,1-2,8-9,12-13H2,(H,23,26). The van der Waals surface area contributed by atoms with Gasteiger partial charge < -0.3 is 5.32 Å². The molecule has 0 aliphatic heterocycles. The predicted octanol–water partition coefficient (Wildman–Crippen LogP) is 4.10. The average Bonchev–Trinajstić information content (AvgIpc) is 3.22. The summed E-state index contributed by atoms with van der Waals surface area (Å²) in [5, 5.41) is 5.32. The summed E-state index contributed by atoms with van der Waals surface area (Å²) in [6, 6.07) is 9.78. The predicted molar refractivity (Wildman–Crippen MR) is 114 cm³/mol. The van der Waals surface area contributed by atoms with E-state index >= 15 is 0 Å². The monoisotopic (exact) mass is 429 g/mol. The van der Waals surface area contributed by atoms with E-state index in [1.54, 1.807) is 28.0 Å². The number of hydrogen-bond acceptors (Lipinski definition) is 5. The SMILES string of the molecule is O=C(CSc1nc(=O)n(Cc2cccs2)c2c1CCCC2)Nc1cccc(F)c1. The number of fused-ring (bicyclic) bond motifs is 1. The van der Waals surface area contributed by atoms with Gasteiger partial charge in [-0.15, -0.1) is 11.3 Å². The highest BCUT2D eigenvalue weighted by molar-refractivity contribution is 8.00. The lowest BCUT2D eigenvalue weighted by Gasteiger charge is -2.22. The molecule has 0 fully saturated rings. The molecule has 0 bridgehead atoms. The molecule has 0 saturated heterocycles. The first-order chi connectivity index (χ1) is 14.1. The second kappa shape index (κ2) is 8.92. The largest absolute Gasteiger partial charge is 0.349 e. The third kappa shape index (κ3) is 4.76. The van der Waals surface area contributed by atoms with Crippen LogP contribution in [0.3, 0.4) is 0 Å². The molecule has 0 spiro atoms. The van der Waals surface area contributed by atoms with Crippen molar-refractivity contribution in [3.05, 3.63) is 74.2 Å². The van der Waals surface area contributed by atoms with Crippen LogP contribution in [-0.4, -0.2) is 21.2 Å². The second-order valence-electron chi connectivity index (χ2n) is 6.84. The summed E-state index contributed by atoms with van der Waals surface area (Å²) in [7, 11) is 0. The summed E-state index contributed by atoms with van der Waals surface area (Å²) >= 11 is 2.89. The van der Waals surface area contributed by atoms with E-state index in [0.717, 1.165) is 41.8 Å². The molecule has 8 heteroatoms. The van der Waals surface area contributed by atoms with Gasteiger partial charge in [0, 0.05) is 21.8 Å². The molecule has 4 rings (SSSR count). The van der Waals surface area contributed by atoms with Crippen molar-refractivity contribution in [2.75, 3.05) is 11.1 Å². The number of benzene rings is 1. The van der Waals surface area contributed by atoms with Crippen molar-refractivity contribution >= 4 is 34.7 Å². The van der Waals surface area contributed by atoms with Crippen molar-refractivity contribution in [3.63, 3.8) is 0 Å². The first kappa shape index (κ1) is 19.8. The number of nitrogens with one attached hydrogen (secondary N) is 1. The van der Waals surface area contributed by atoms with Gasteiger partial charge in [-0.2, -0.15) is 4.98 Å². The number of aromatic nitrogens is 2. The van der Waals surface area contributed by atoms with Gasteiger partial charge in [0.25, 0.3) is 0 Å². The third-order valence-corrected chi connectivity index (χ3v) is 6.67. The Morgan fingerprint density at radius 2 is 2.10 bits per heavy atom. The van der Waals surface area contributed by atoms with E-state index in [-0.39, 0.29) is 17.3 Å². The number of carbonyl (C=O) groups is 1. The van der Waals surface area contributed by atoms with Crippen LogP contribution in [0.1, 0.15) is 29.0 Å². The molecule has 0 saturated carbocycles. The highest BCUT2D eigenvalue weighted by atomic mass is 32.2. The number of halogens is 1. The van der Waals surface area contributed by atoms with Crippen LogP contribution in [0, 0.1) is 5.82 Å². The van der Waals surface area contributed by atoms with Gasteiger partial charge in [-0.25, -0.2) is 9.18 Å². The molecule has 2 aromatic heterocycles. The lowest BCUT2D eigenvalue weighted by Crippen LogP contribution is -2.30. The number of thioether (sulfide) groups is 1. The summed E-state index contributed by atoms with van der Waals surface area (Å²) in [6.07, 6.45) is 3.81. The summed E-state index contributed by atoms with van der Waals surface area (Å²) in [5.74, 6) is -0.542. The molecule has 1 N–H and O–H groups in total. The van der Waals surface area contributed by atoms with Crippen molar-refractivity contribution in [2.45, 2.75) is 37.3 Å². The maximum atomic E-state index is 13.3. The van der Waals surface area contributed by atoms with Crippen LogP contribution in [0.25, 0.3) is 0 Å². The molecule has 5 nitrogen and oxygen atoms in total. The van der Waals surface area contributed by atoms with Gasteiger partial charge in [0.15, 0.2) is 0 Å². The first-order valence-electron chi connectivity index (χ1n) is 9.43. The van der Waals surface area contributed by atoms with Crippen LogP contribution in [-0.2, 0) is 24.2 Å². The minimum absolute atomic E-state index is 0.115. The molecule has 150 valence electrons. The van der Waals surface area contributed by atoms with Crippen LogP contribution in [0.5, 0.6) is 0 Å². The molecule has 3 aromatic rings. The van der Waals surface area contributed by atoms with Crippen LogP contribution in [0.4, 0.5) is 10.1 Å². The van der Waals surface area contributed by atoms with Crippen LogP contribution < -0.4 is 11.0 Å². The number of hydrogen-bond donors (Lipinski definition) is 1. The third-order valence-electron chi connectivity index (χ3n) is 4.79. The second-order valence-corrected chi connectivity index (χ2v) is 8.84. The van der Waals surface area contributed by atoms with Crippen LogP contribution >= 0.6 is 23.1 Å². The van der Waals surface area contributed by atoms with E-state index in [0.29, 0.717) is 17.3 Å². The lowest BCUT2D eigenvalue weighted by molar-refractivity contribution is -0.113. The van der Waals surface area contributed by atoms with Gasteiger partial charge in [0.05, 0.1) is 12.3 Å². The summed E-state index contributed by atoms with van der Waals surface area (Å²) in [6.45, 7) is 0.539. The molecular weight excluding hydrogens is 409 g/mol. The number of carbonyl (C=O) groups excluding carboxylic acids is 1. The van der Waals surface area contributed by atoms with E-state index in [2.05, 4.69) is 10.3 Å². The highest BCUT2D eigenvalue weighted by Crippen LogP contribution is 2.29. The number of anilines is 1. The number of rotatable bonds is 6. The molecular formula is C21H20FN3O2S2. The Bertz CT molecular complexity index is 1080. The van der Waals surface area contributed by atoms with Crippen LogP contribution in [0.15, 0.2) is 51.6 Å². The molecule has 0 unspecified atom stereocenters. The van der Waals surface area contributed by atoms with Gasteiger partial charge in [0.2, 0.25) is 5.91 Å². The number of amides is 1. The Kier molecular flexibility index (Phi) is 6.10.